The summed E-state index contributed by atoms with van der Waals surface area (Å²) in [6.45, 7) is 7.50. The van der Waals surface area contributed by atoms with Gasteiger partial charge in [-0.2, -0.15) is 0 Å². The van der Waals surface area contributed by atoms with Gasteiger partial charge in [-0.15, -0.1) is 12.4 Å². The third-order valence-electron chi connectivity index (χ3n) is 3.36. The van der Waals surface area contributed by atoms with Gasteiger partial charge in [0.25, 0.3) is 0 Å². The lowest BCUT2D eigenvalue weighted by Crippen LogP contribution is -2.53. The molecule has 0 radical (unpaired) electrons. The highest BCUT2D eigenvalue weighted by Crippen LogP contribution is 2.12. The van der Waals surface area contributed by atoms with E-state index in [9.17, 15) is 0 Å². The van der Waals surface area contributed by atoms with Crippen LogP contribution in [0.1, 0.15) is 19.5 Å². The van der Waals surface area contributed by atoms with Gasteiger partial charge >= 0.3 is 0 Å². The van der Waals surface area contributed by atoms with Gasteiger partial charge in [0.2, 0.25) is 5.95 Å². The van der Waals surface area contributed by atoms with Crippen LogP contribution < -0.4 is 10.2 Å². The minimum absolute atomic E-state index is 0. The van der Waals surface area contributed by atoms with Crippen molar-refractivity contribution in [3.05, 3.63) is 18.0 Å². The zero-order chi connectivity index (χ0) is 13.1. The first-order chi connectivity index (χ1) is 8.56. The van der Waals surface area contributed by atoms with Crippen molar-refractivity contribution in [1.29, 1.82) is 0 Å². The lowest BCUT2D eigenvalue weighted by Gasteiger charge is -2.37. The van der Waals surface area contributed by atoms with E-state index in [-0.39, 0.29) is 12.4 Å². The van der Waals surface area contributed by atoms with E-state index >= 15 is 0 Å². The van der Waals surface area contributed by atoms with Gasteiger partial charge in [0.1, 0.15) is 0 Å². The normalized spacial score (nSPS) is 23.8. The maximum atomic E-state index is 4.58. The van der Waals surface area contributed by atoms with Gasteiger partial charge < -0.3 is 10.2 Å². The Morgan fingerprint density at radius 1 is 1.42 bits per heavy atom. The number of piperazine rings is 1. The fourth-order valence-electron chi connectivity index (χ4n) is 2.21. The number of hydrogen-bond donors (Lipinski definition) is 1. The third-order valence-corrected chi connectivity index (χ3v) is 3.36. The van der Waals surface area contributed by atoms with Crippen molar-refractivity contribution in [2.24, 2.45) is 0 Å². The third kappa shape index (κ3) is 4.30. The number of nitrogens with one attached hydrogen (secondary N) is 1. The summed E-state index contributed by atoms with van der Waals surface area (Å²) >= 11 is 0. The maximum absolute atomic E-state index is 4.58. The molecule has 1 N–H and O–H groups in total. The molecule has 0 saturated carbocycles. The summed E-state index contributed by atoms with van der Waals surface area (Å²) in [7, 11) is 3.93. The second kappa shape index (κ2) is 7.03. The lowest BCUT2D eigenvalue weighted by molar-refractivity contribution is 0.137. The van der Waals surface area contributed by atoms with Crippen molar-refractivity contribution in [3.63, 3.8) is 0 Å². The van der Waals surface area contributed by atoms with Crippen LogP contribution in [-0.2, 0) is 6.54 Å². The van der Waals surface area contributed by atoms with E-state index in [1.807, 2.05) is 31.3 Å². The van der Waals surface area contributed by atoms with Gasteiger partial charge in [0, 0.05) is 52.0 Å². The van der Waals surface area contributed by atoms with Gasteiger partial charge in [0.05, 0.1) is 5.69 Å². The van der Waals surface area contributed by atoms with Crippen LogP contribution in [0.25, 0.3) is 0 Å². The molecule has 6 heteroatoms. The standard InChI is InChI=1S/C13H23N5.ClH/c1-10-8-18(11(2)7-15-10)9-12-5-6-14-13(16-12)17(3)4;/h5-6,10-11,15H,7-9H2,1-4H3;1H. The predicted octanol–water partition coefficient (Wildman–Crippen LogP) is 1.15. The van der Waals surface area contributed by atoms with Crippen LogP contribution in [-0.4, -0.2) is 54.1 Å². The van der Waals surface area contributed by atoms with Gasteiger partial charge in [-0.05, 0) is 19.9 Å². The highest BCUT2D eigenvalue weighted by atomic mass is 35.5. The molecule has 2 rings (SSSR count). The fraction of sp³-hybridized carbons (Fsp3) is 0.692. The van der Waals surface area contributed by atoms with E-state index in [4.69, 9.17) is 0 Å². The molecule has 0 spiro atoms. The summed E-state index contributed by atoms with van der Waals surface area (Å²) in [6.07, 6.45) is 1.84. The monoisotopic (exact) mass is 285 g/mol. The molecule has 1 aromatic rings. The van der Waals surface area contributed by atoms with Gasteiger partial charge in [-0.3, -0.25) is 4.90 Å². The van der Waals surface area contributed by atoms with Crippen molar-refractivity contribution in [2.45, 2.75) is 32.5 Å². The van der Waals surface area contributed by atoms with E-state index < -0.39 is 0 Å². The highest BCUT2D eigenvalue weighted by molar-refractivity contribution is 5.85. The molecule has 108 valence electrons. The van der Waals surface area contributed by atoms with Gasteiger partial charge in [-0.1, -0.05) is 0 Å². The number of hydrogen-bond acceptors (Lipinski definition) is 5. The largest absolute Gasteiger partial charge is 0.347 e. The van der Waals surface area contributed by atoms with E-state index in [1.54, 1.807) is 0 Å². The highest BCUT2D eigenvalue weighted by Gasteiger charge is 2.22. The van der Waals surface area contributed by atoms with E-state index in [0.29, 0.717) is 12.1 Å². The molecular weight excluding hydrogens is 262 g/mol. The van der Waals surface area contributed by atoms with Crippen LogP contribution in [0.5, 0.6) is 0 Å². The molecule has 1 aliphatic heterocycles. The number of halogens is 1. The zero-order valence-corrected chi connectivity index (χ0v) is 12.9. The molecule has 2 atom stereocenters. The Hall–Kier alpha value is -0.910. The van der Waals surface area contributed by atoms with Crippen molar-refractivity contribution >= 4 is 18.4 Å². The summed E-state index contributed by atoms with van der Waals surface area (Å²) in [6, 6.07) is 3.11. The summed E-state index contributed by atoms with van der Waals surface area (Å²) < 4.78 is 0. The Morgan fingerprint density at radius 3 is 2.84 bits per heavy atom. The molecule has 1 saturated heterocycles. The molecule has 1 aromatic heterocycles. The van der Waals surface area contributed by atoms with Crippen LogP contribution in [0.2, 0.25) is 0 Å². The van der Waals surface area contributed by atoms with Crippen LogP contribution in [0.3, 0.4) is 0 Å². The Morgan fingerprint density at radius 2 is 2.16 bits per heavy atom. The molecule has 1 aliphatic rings. The summed E-state index contributed by atoms with van der Waals surface area (Å²) in [5, 5.41) is 3.49. The first-order valence-electron chi connectivity index (χ1n) is 6.53. The smallest absolute Gasteiger partial charge is 0.225 e. The second-order valence-corrected chi connectivity index (χ2v) is 5.33. The summed E-state index contributed by atoms with van der Waals surface area (Å²) in [5.41, 5.74) is 1.09. The molecule has 5 nitrogen and oxygen atoms in total. The predicted molar refractivity (Wildman–Crippen MR) is 80.9 cm³/mol. The Labute approximate surface area is 121 Å². The maximum Gasteiger partial charge on any atom is 0.225 e. The van der Waals surface area contributed by atoms with Crippen molar-refractivity contribution < 1.29 is 0 Å². The SMILES string of the molecule is CC1CN(Cc2ccnc(N(C)C)n2)C(C)CN1.Cl. The molecule has 2 unspecified atom stereocenters. The second-order valence-electron chi connectivity index (χ2n) is 5.33. The molecular formula is C13H24ClN5. The fourth-order valence-corrected chi connectivity index (χ4v) is 2.21. The van der Waals surface area contributed by atoms with E-state index in [2.05, 4.69) is 34.0 Å². The summed E-state index contributed by atoms with van der Waals surface area (Å²) in [4.78, 5) is 13.2. The minimum atomic E-state index is 0. The molecule has 1 fully saturated rings. The zero-order valence-electron chi connectivity index (χ0n) is 12.1. The Bertz CT molecular complexity index is 398. The van der Waals surface area contributed by atoms with Crippen molar-refractivity contribution in [2.75, 3.05) is 32.1 Å². The molecule has 0 aliphatic carbocycles. The van der Waals surface area contributed by atoms with E-state index in [1.165, 1.54) is 0 Å². The topological polar surface area (TPSA) is 44.3 Å². The number of anilines is 1. The first kappa shape index (κ1) is 16.1. The summed E-state index contributed by atoms with van der Waals surface area (Å²) in [5.74, 6) is 0.781. The van der Waals surface area contributed by atoms with Crippen LogP contribution in [0.15, 0.2) is 12.3 Å². The molecule has 0 aromatic carbocycles. The van der Waals surface area contributed by atoms with Crippen LogP contribution in [0, 0.1) is 0 Å². The van der Waals surface area contributed by atoms with Gasteiger partial charge in [0.15, 0.2) is 0 Å². The minimum Gasteiger partial charge on any atom is -0.347 e. The number of nitrogens with zero attached hydrogens (tertiary/aromatic N) is 4. The molecule has 2 heterocycles. The average Bonchev–Trinajstić information content (AvgIpc) is 2.34. The Balaban J connectivity index is 0.00000180. The first-order valence-corrected chi connectivity index (χ1v) is 6.53. The lowest BCUT2D eigenvalue weighted by atomic mass is 10.1. The number of rotatable bonds is 3. The number of aromatic nitrogens is 2. The van der Waals surface area contributed by atoms with Crippen molar-refractivity contribution in [1.82, 2.24) is 20.2 Å². The Kier molecular flexibility index (Phi) is 5.97. The average molecular weight is 286 g/mol. The van der Waals surface area contributed by atoms with E-state index in [0.717, 1.165) is 31.3 Å². The van der Waals surface area contributed by atoms with Crippen molar-refractivity contribution in [3.8, 4) is 0 Å². The molecule has 0 amide bonds. The van der Waals surface area contributed by atoms with Crippen LogP contribution >= 0.6 is 12.4 Å². The van der Waals surface area contributed by atoms with Crippen LogP contribution in [0.4, 0.5) is 5.95 Å². The quantitative estimate of drug-likeness (QED) is 0.902. The van der Waals surface area contributed by atoms with Gasteiger partial charge in [-0.25, -0.2) is 9.97 Å². The molecule has 0 bridgehead atoms. The molecule has 19 heavy (non-hydrogen) atoms.